The van der Waals surface area contributed by atoms with Crippen molar-refractivity contribution in [3.05, 3.63) is 58.7 Å². The van der Waals surface area contributed by atoms with E-state index in [0.29, 0.717) is 0 Å². The lowest BCUT2D eigenvalue weighted by molar-refractivity contribution is 0.0587. The first-order valence-electron chi connectivity index (χ1n) is 9.58. The predicted molar refractivity (Wildman–Crippen MR) is 114 cm³/mol. The minimum absolute atomic E-state index is 0.0237. The summed E-state index contributed by atoms with van der Waals surface area (Å²) in [5.41, 5.74) is 0.869. The highest BCUT2D eigenvalue weighted by Gasteiger charge is 2.37. The number of urea groups is 1. The maximum Gasteiger partial charge on any atom is 0.339 e. The molecule has 0 atom stereocenters. The van der Waals surface area contributed by atoms with Gasteiger partial charge in [-0.15, -0.1) is 0 Å². The first-order chi connectivity index (χ1) is 15.2. The van der Waals surface area contributed by atoms with Crippen LogP contribution in [0.4, 0.5) is 16.2 Å². The van der Waals surface area contributed by atoms with Crippen LogP contribution >= 0.6 is 0 Å². The number of carbonyl (C=O) groups excluding carboxylic acids is 5. The van der Waals surface area contributed by atoms with Crippen LogP contribution in [0.5, 0.6) is 0 Å². The molecule has 3 rings (SSSR count). The van der Waals surface area contributed by atoms with Crippen molar-refractivity contribution in [2.45, 2.75) is 19.9 Å². The summed E-state index contributed by atoms with van der Waals surface area (Å²) in [4.78, 5) is 62.5. The molecule has 0 spiro atoms. The number of benzene rings is 2. The van der Waals surface area contributed by atoms with E-state index < -0.39 is 29.8 Å². The van der Waals surface area contributed by atoms with Gasteiger partial charge in [0, 0.05) is 11.7 Å². The molecule has 32 heavy (non-hydrogen) atoms. The number of rotatable bonds is 5. The highest BCUT2D eigenvalue weighted by Crippen LogP contribution is 2.27. The second-order valence-corrected chi connectivity index (χ2v) is 7.16. The molecule has 10 heteroatoms. The summed E-state index contributed by atoms with van der Waals surface area (Å²) in [7, 11) is 2.39. The Morgan fingerprint density at radius 2 is 1.50 bits per heavy atom. The van der Waals surface area contributed by atoms with Crippen molar-refractivity contribution in [2.75, 3.05) is 24.9 Å². The number of fused-ring (bicyclic) bond motifs is 1. The van der Waals surface area contributed by atoms with E-state index in [0.717, 1.165) is 4.90 Å². The zero-order valence-electron chi connectivity index (χ0n) is 17.8. The van der Waals surface area contributed by atoms with Crippen LogP contribution in [0.25, 0.3) is 0 Å². The quantitative estimate of drug-likeness (QED) is 0.541. The summed E-state index contributed by atoms with van der Waals surface area (Å²) in [5, 5.41) is 5.03. The zero-order chi connectivity index (χ0) is 23.6. The van der Waals surface area contributed by atoms with E-state index in [1.165, 1.54) is 50.6 Å². The number of anilines is 2. The van der Waals surface area contributed by atoms with Crippen molar-refractivity contribution in [2.24, 2.45) is 0 Å². The Morgan fingerprint density at radius 1 is 0.844 bits per heavy atom. The fourth-order valence-electron chi connectivity index (χ4n) is 3.27. The normalized spacial score (nSPS) is 12.5. The monoisotopic (exact) mass is 439 g/mol. The van der Waals surface area contributed by atoms with Crippen LogP contribution in [0.15, 0.2) is 36.4 Å². The minimum atomic E-state index is -0.741. The topological polar surface area (TPSA) is 131 Å². The highest BCUT2D eigenvalue weighted by molar-refractivity contribution is 6.22. The summed E-state index contributed by atoms with van der Waals surface area (Å²) >= 11 is 0. The molecule has 2 N–H and O–H groups in total. The number of nitrogens with one attached hydrogen (secondary N) is 2. The van der Waals surface area contributed by atoms with E-state index in [1.807, 2.05) is 0 Å². The molecule has 0 aromatic heterocycles. The Morgan fingerprint density at radius 3 is 2.12 bits per heavy atom. The smallest absolute Gasteiger partial charge is 0.339 e. The standard InChI is InChI=1S/C22H21N3O7/c1-11(2)25-18(26)14-8-6-13(10-16(14)19(25)27)23-22(30)24-17-9-12(20(28)31-3)5-7-15(17)21(29)32-4/h5-11H,1-4H3,(H2,23,24,30). The number of imide groups is 1. The van der Waals surface area contributed by atoms with Crippen LogP contribution < -0.4 is 10.6 Å². The molecule has 0 bridgehead atoms. The van der Waals surface area contributed by atoms with Gasteiger partial charge in [-0.25, -0.2) is 14.4 Å². The summed E-state index contributed by atoms with van der Waals surface area (Å²) in [5.74, 6) is -2.20. The van der Waals surface area contributed by atoms with Gasteiger partial charge in [0.1, 0.15) is 0 Å². The molecular weight excluding hydrogens is 418 g/mol. The van der Waals surface area contributed by atoms with Crippen molar-refractivity contribution < 1.29 is 33.4 Å². The van der Waals surface area contributed by atoms with E-state index in [-0.39, 0.29) is 39.7 Å². The molecule has 1 aliphatic heterocycles. The lowest BCUT2D eigenvalue weighted by atomic mass is 10.1. The number of amides is 4. The van der Waals surface area contributed by atoms with Crippen LogP contribution in [-0.4, -0.2) is 54.9 Å². The van der Waals surface area contributed by atoms with Gasteiger partial charge in [-0.3, -0.25) is 14.5 Å². The Bertz CT molecular complexity index is 1140. The molecular formula is C22H21N3O7. The molecule has 166 valence electrons. The second kappa shape index (κ2) is 8.88. The van der Waals surface area contributed by atoms with Crippen molar-refractivity contribution in [1.29, 1.82) is 0 Å². The Hall–Kier alpha value is -4.21. The van der Waals surface area contributed by atoms with Gasteiger partial charge in [0.05, 0.1) is 42.2 Å². The minimum Gasteiger partial charge on any atom is -0.465 e. The highest BCUT2D eigenvalue weighted by atomic mass is 16.5. The van der Waals surface area contributed by atoms with Crippen molar-refractivity contribution in [3.8, 4) is 0 Å². The number of hydrogen-bond donors (Lipinski definition) is 2. The Labute approximate surface area is 183 Å². The number of methoxy groups -OCH3 is 2. The van der Waals surface area contributed by atoms with Gasteiger partial charge < -0.3 is 20.1 Å². The first-order valence-corrected chi connectivity index (χ1v) is 9.58. The van der Waals surface area contributed by atoms with Gasteiger partial charge >= 0.3 is 18.0 Å². The number of nitrogens with zero attached hydrogens (tertiary/aromatic N) is 1. The SMILES string of the molecule is COC(=O)c1ccc(C(=O)OC)c(NC(=O)Nc2ccc3c(c2)C(=O)N(C(C)C)C3=O)c1. The number of esters is 2. The third-order valence-electron chi connectivity index (χ3n) is 4.79. The second-order valence-electron chi connectivity index (χ2n) is 7.16. The summed E-state index contributed by atoms with van der Waals surface area (Å²) in [6.07, 6.45) is 0. The largest absolute Gasteiger partial charge is 0.465 e. The fourth-order valence-corrected chi connectivity index (χ4v) is 3.27. The average molecular weight is 439 g/mol. The van der Waals surface area contributed by atoms with Crippen LogP contribution in [-0.2, 0) is 9.47 Å². The molecule has 2 aromatic rings. The van der Waals surface area contributed by atoms with Gasteiger partial charge in [0.25, 0.3) is 11.8 Å². The van der Waals surface area contributed by atoms with E-state index >= 15 is 0 Å². The van der Waals surface area contributed by atoms with Crippen LogP contribution in [0, 0.1) is 0 Å². The Kier molecular flexibility index (Phi) is 6.24. The van der Waals surface area contributed by atoms with Gasteiger partial charge in [0.15, 0.2) is 0 Å². The lowest BCUT2D eigenvalue weighted by Gasteiger charge is -2.17. The zero-order valence-corrected chi connectivity index (χ0v) is 17.8. The molecule has 1 aliphatic rings. The fraction of sp³-hybridized carbons (Fsp3) is 0.227. The summed E-state index contributed by atoms with van der Waals surface area (Å²) in [6.45, 7) is 3.46. The summed E-state index contributed by atoms with van der Waals surface area (Å²) < 4.78 is 9.36. The molecule has 0 aliphatic carbocycles. The van der Waals surface area contributed by atoms with Crippen LogP contribution in [0.3, 0.4) is 0 Å². The van der Waals surface area contributed by atoms with Crippen molar-refractivity contribution in [3.63, 3.8) is 0 Å². The van der Waals surface area contributed by atoms with Crippen LogP contribution in [0.1, 0.15) is 55.3 Å². The van der Waals surface area contributed by atoms with Crippen LogP contribution in [0.2, 0.25) is 0 Å². The van der Waals surface area contributed by atoms with Crippen molar-refractivity contribution >= 4 is 41.2 Å². The average Bonchev–Trinajstić information content (AvgIpc) is 3.02. The molecule has 1 heterocycles. The molecule has 0 saturated heterocycles. The summed E-state index contributed by atoms with van der Waals surface area (Å²) in [6, 6.07) is 7.28. The van der Waals surface area contributed by atoms with E-state index in [1.54, 1.807) is 13.8 Å². The molecule has 10 nitrogen and oxygen atoms in total. The molecule has 0 radical (unpaired) electrons. The lowest BCUT2D eigenvalue weighted by Crippen LogP contribution is -2.35. The number of hydrogen-bond acceptors (Lipinski definition) is 7. The first kappa shape index (κ1) is 22.5. The van der Waals surface area contributed by atoms with E-state index in [9.17, 15) is 24.0 Å². The van der Waals surface area contributed by atoms with Gasteiger partial charge in [-0.2, -0.15) is 0 Å². The predicted octanol–water partition coefficient (Wildman–Crippen LogP) is 2.91. The van der Waals surface area contributed by atoms with Gasteiger partial charge in [-0.1, -0.05) is 0 Å². The maximum atomic E-state index is 12.6. The molecule has 0 unspecified atom stereocenters. The molecule has 2 aromatic carbocycles. The van der Waals surface area contributed by atoms with Crippen molar-refractivity contribution in [1.82, 2.24) is 4.90 Å². The molecule has 0 fully saturated rings. The van der Waals surface area contributed by atoms with E-state index in [4.69, 9.17) is 4.74 Å². The van der Waals surface area contributed by atoms with Gasteiger partial charge in [0.2, 0.25) is 0 Å². The molecule has 0 saturated carbocycles. The number of ether oxygens (including phenoxy) is 2. The van der Waals surface area contributed by atoms with Gasteiger partial charge in [-0.05, 0) is 50.2 Å². The maximum absolute atomic E-state index is 12.6. The Balaban J connectivity index is 1.84. The van der Waals surface area contributed by atoms with E-state index in [2.05, 4.69) is 15.4 Å². The third-order valence-corrected chi connectivity index (χ3v) is 4.79. The molecule has 4 amide bonds. The number of carbonyl (C=O) groups is 5. The third kappa shape index (κ3) is 4.15.